The summed E-state index contributed by atoms with van der Waals surface area (Å²) in [5, 5.41) is 11.2. The van der Waals surface area contributed by atoms with Gasteiger partial charge in [-0.1, -0.05) is 66.2 Å². The van der Waals surface area contributed by atoms with Crippen molar-refractivity contribution >= 4 is 21.6 Å². The number of hydrogen-bond donors (Lipinski definition) is 1. The molecule has 1 aromatic heterocycles. The third kappa shape index (κ3) is 3.27. The Hall–Kier alpha value is -3.43. The van der Waals surface area contributed by atoms with Gasteiger partial charge in [0.25, 0.3) is 0 Å². The topological polar surface area (TPSA) is 33.1 Å². The number of aromatic hydroxyl groups is 1. The molecule has 1 heterocycles. The number of aromatic nitrogens is 1. The van der Waals surface area contributed by atoms with Gasteiger partial charge in [0.2, 0.25) is 0 Å². The molecule has 2 nitrogen and oxygen atoms in total. The summed E-state index contributed by atoms with van der Waals surface area (Å²) in [6.07, 6.45) is 0. The lowest BCUT2D eigenvalue weighted by Gasteiger charge is -2.11. The van der Waals surface area contributed by atoms with Crippen molar-refractivity contribution < 1.29 is 5.11 Å². The van der Waals surface area contributed by atoms with Gasteiger partial charge in [0.05, 0.1) is 15.8 Å². The highest BCUT2D eigenvalue weighted by molar-refractivity contribution is 7.21. The Kier molecular flexibility index (Phi) is 4.61. The van der Waals surface area contributed by atoms with Crippen LogP contribution in [0, 0.1) is 13.8 Å². The van der Waals surface area contributed by atoms with Gasteiger partial charge in [-0.05, 0) is 60.4 Å². The Morgan fingerprint density at radius 3 is 2.27 bits per heavy atom. The van der Waals surface area contributed by atoms with Crippen LogP contribution in [0.4, 0.5) is 0 Å². The molecule has 0 spiro atoms. The van der Waals surface area contributed by atoms with E-state index in [1.807, 2.05) is 24.3 Å². The summed E-state index contributed by atoms with van der Waals surface area (Å²) in [6, 6.07) is 28.8. The van der Waals surface area contributed by atoms with Crippen LogP contribution < -0.4 is 0 Å². The second kappa shape index (κ2) is 7.43. The van der Waals surface area contributed by atoms with Gasteiger partial charge in [-0.25, -0.2) is 4.98 Å². The van der Waals surface area contributed by atoms with Crippen molar-refractivity contribution in [3.63, 3.8) is 0 Å². The number of phenols is 1. The van der Waals surface area contributed by atoms with Crippen LogP contribution >= 0.6 is 11.3 Å². The molecule has 1 N–H and O–H groups in total. The van der Waals surface area contributed by atoms with E-state index in [0.29, 0.717) is 0 Å². The SMILES string of the molecule is Cc1ccc(C)c(-c2cc(-c3ccccc3)c3nc(-c4ccccc4O)sc3c2)c1. The molecule has 5 rings (SSSR count). The van der Waals surface area contributed by atoms with Crippen molar-refractivity contribution in [3.8, 4) is 38.6 Å². The summed E-state index contributed by atoms with van der Waals surface area (Å²) in [5.74, 6) is 0.257. The first kappa shape index (κ1) is 18.6. The van der Waals surface area contributed by atoms with Crippen LogP contribution in [0.1, 0.15) is 11.1 Å². The molecule has 146 valence electrons. The van der Waals surface area contributed by atoms with E-state index < -0.39 is 0 Å². The summed E-state index contributed by atoms with van der Waals surface area (Å²) in [7, 11) is 0. The molecule has 30 heavy (non-hydrogen) atoms. The average molecular weight is 408 g/mol. The number of nitrogens with zero attached hydrogens (tertiary/aromatic N) is 1. The molecular formula is C27H21NOS. The van der Waals surface area contributed by atoms with Gasteiger partial charge in [0.15, 0.2) is 0 Å². The van der Waals surface area contributed by atoms with Gasteiger partial charge in [-0.3, -0.25) is 0 Å². The number of hydrogen-bond acceptors (Lipinski definition) is 3. The minimum atomic E-state index is 0.257. The molecule has 0 fully saturated rings. The van der Waals surface area contributed by atoms with Crippen LogP contribution in [0.2, 0.25) is 0 Å². The van der Waals surface area contributed by atoms with E-state index in [1.54, 1.807) is 17.4 Å². The quantitative estimate of drug-likeness (QED) is 0.334. The highest BCUT2D eigenvalue weighted by Gasteiger charge is 2.16. The normalized spacial score (nSPS) is 11.1. The standard InChI is InChI=1S/C27H21NOS/c1-17-12-13-18(2)22(14-17)20-15-23(19-8-4-3-5-9-19)26-25(16-20)30-27(28-26)21-10-6-7-11-24(21)29/h3-16,29H,1-2H3. The third-order valence-electron chi connectivity index (χ3n) is 5.42. The van der Waals surface area contributed by atoms with Crippen molar-refractivity contribution in [1.29, 1.82) is 0 Å². The van der Waals surface area contributed by atoms with Crippen LogP contribution in [0.25, 0.3) is 43.0 Å². The van der Waals surface area contributed by atoms with E-state index in [-0.39, 0.29) is 5.75 Å². The predicted molar refractivity (Wildman–Crippen MR) is 127 cm³/mol. The van der Waals surface area contributed by atoms with E-state index in [2.05, 4.69) is 68.4 Å². The maximum absolute atomic E-state index is 10.3. The van der Waals surface area contributed by atoms with Gasteiger partial charge >= 0.3 is 0 Å². The largest absolute Gasteiger partial charge is 0.507 e. The lowest BCUT2D eigenvalue weighted by atomic mass is 9.94. The van der Waals surface area contributed by atoms with Crippen LogP contribution in [-0.2, 0) is 0 Å². The predicted octanol–water partition coefficient (Wildman–Crippen LogP) is 7.62. The van der Waals surface area contributed by atoms with Gasteiger partial charge < -0.3 is 5.11 Å². The first-order valence-electron chi connectivity index (χ1n) is 9.96. The monoisotopic (exact) mass is 407 g/mol. The van der Waals surface area contributed by atoms with Gasteiger partial charge in [-0.15, -0.1) is 11.3 Å². The number of para-hydroxylation sites is 1. The molecule has 5 aromatic rings. The summed E-state index contributed by atoms with van der Waals surface area (Å²) in [4.78, 5) is 4.95. The number of phenolic OH excluding ortho intramolecular Hbond substituents is 1. The molecule has 0 saturated carbocycles. The van der Waals surface area contributed by atoms with Crippen molar-refractivity contribution in [2.75, 3.05) is 0 Å². The fourth-order valence-electron chi connectivity index (χ4n) is 3.84. The molecule has 0 atom stereocenters. The van der Waals surface area contributed by atoms with E-state index >= 15 is 0 Å². The molecule has 0 bridgehead atoms. The van der Waals surface area contributed by atoms with Gasteiger partial charge in [0.1, 0.15) is 10.8 Å². The molecule has 4 aromatic carbocycles. The molecule has 0 unspecified atom stereocenters. The zero-order valence-corrected chi connectivity index (χ0v) is 17.7. The third-order valence-corrected chi connectivity index (χ3v) is 6.45. The second-order valence-corrected chi connectivity index (χ2v) is 8.62. The summed E-state index contributed by atoms with van der Waals surface area (Å²) < 4.78 is 1.12. The molecule has 0 saturated heterocycles. The highest BCUT2D eigenvalue weighted by atomic mass is 32.1. The minimum absolute atomic E-state index is 0.257. The number of fused-ring (bicyclic) bond motifs is 1. The molecule has 0 aliphatic carbocycles. The zero-order valence-electron chi connectivity index (χ0n) is 16.9. The van der Waals surface area contributed by atoms with E-state index in [0.717, 1.165) is 31.9 Å². The molecular weight excluding hydrogens is 386 g/mol. The Labute approximate surface area is 180 Å². The lowest BCUT2D eigenvalue weighted by molar-refractivity contribution is 0.477. The maximum atomic E-state index is 10.3. The number of rotatable bonds is 3. The van der Waals surface area contributed by atoms with Gasteiger partial charge in [-0.2, -0.15) is 0 Å². The Morgan fingerprint density at radius 2 is 1.47 bits per heavy atom. The van der Waals surface area contributed by atoms with Crippen LogP contribution in [0.15, 0.2) is 84.9 Å². The Morgan fingerprint density at radius 1 is 0.700 bits per heavy atom. The van der Waals surface area contributed by atoms with Crippen molar-refractivity contribution in [2.24, 2.45) is 0 Å². The fourth-order valence-corrected chi connectivity index (χ4v) is 4.91. The molecule has 0 radical (unpaired) electrons. The lowest BCUT2D eigenvalue weighted by Crippen LogP contribution is -1.88. The average Bonchev–Trinajstić information content (AvgIpc) is 3.19. The van der Waals surface area contributed by atoms with Crippen molar-refractivity contribution in [2.45, 2.75) is 13.8 Å². The van der Waals surface area contributed by atoms with E-state index in [1.165, 1.54) is 22.3 Å². The van der Waals surface area contributed by atoms with Crippen molar-refractivity contribution in [1.82, 2.24) is 4.98 Å². The van der Waals surface area contributed by atoms with Crippen LogP contribution in [0.3, 0.4) is 0 Å². The first-order valence-corrected chi connectivity index (χ1v) is 10.8. The minimum Gasteiger partial charge on any atom is -0.507 e. The smallest absolute Gasteiger partial charge is 0.128 e. The maximum Gasteiger partial charge on any atom is 0.128 e. The second-order valence-electron chi connectivity index (χ2n) is 7.59. The Balaban J connectivity index is 1.80. The molecule has 0 aliphatic rings. The Bertz CT molecular complexity index is 1370. The fraction of sp³-hybridized carbons (Fsp3) is 0.0741. The van der Waals surface area contributed by atoms with Crippen LogP contribution in [0.5, 0.6) is 5.75 Å². The highest BCUT2D eigenvalue weighted by Crippen LogP contribution is 2.41. The summed E-state index contributed by atoms with van der Waals surface area (Å²) in [6.45, 7) is 4.28. The first-order chi connectivity index (χ1) is 14.6. The molecule has 3 heteroatoms. The van der Waals surface area contributed by atoms with E-state index in [9.17, 15) is 5.11 Å². The summed E-state index contributed by atoms with van der Waals surface area (Å²) in [5.41, 5.74) is 8.93. The van der Waals surface area contributed by atoms with Crippen molar-refractivity contribution in [3.05, 3.63) is 96.1 Å². The van der Waals surface area contributed by atoms with Crippen LogP contribution in [-0.4, -0.2) is 10.1 Å². The molecule has 0 aliphatic heterocycles. The number of aryl methyl sites for hydroxylation is 2. The molecule has 0 amide bonds. The van der Waals surface area contributed by atoms with E-state index in [4.69, 9.17) is 4.98 Å². The number of benzene rings is 4. The number of thiazole rings is 1. The summed E-state index contributed by atoms with van der Waals surface area (Å²) >= 11 is 1.62. The van der Waals surface area contributed by atoms with Gasteiger partial charge in [0, 0.05) is 5.56 Å². The zero-order chi connectivity index (χ0) is 20.7.